The number of nitrogens with two attached hydrogens (primary N) is 1. The Hall–Kier alpha value is -0.130. The number of sulfone groups is 1. The molecule has 1 saturated heterocycles. The fourth-order valence-electron chi connectivity index (χ4n) is 2.95. The van der Waals surface area contributed by atoms with Crippen molar-refractivity contribution >= 4 is 9.84 Å². The van der Waals surface area contributed by atoms with Crippen LogP contribution in [0.3, 0.4) is 0 Å². The summed E-state index contributed by atoms with van der Waals surface area (Å²) in [4.78, 5) is 2.33. The van der Waals surface area contributed by atoms with Gasteiger partial charge >= 0.3 is 0 Å². The van der Waals surface area contributed by atoms with E-state index in [4.69, 9.17) is 5.73 Å². The van der Waals surface area contributed by atoms with Crippen molar-refractivity contribution in [2.45, 2.75) is 25.7 Å². The van der Waals surface area contributed by atoms with Gasteiger partial charge in [-0.05, 0) is 44.1 Å². The Kier molecular flexibility index (Phi) is 4.44. The molecule has 2 aliphatic rings. The molecule has 1 saturated carbocycles. The lowest BCUT2D eigenvalue weighted by atomic mass is 9.82. The molecule has 1 aliphatic carbocycles. The molecule has 0 radical (unpaired) electrons. The van der Waals surface area contributed by atoms with Crippen LogP contribution in [0.4, 0.5) is 0 Å². The summed E-state index contributed by atoms with van der Waals surface area (Å²) in [7, 11) is -2.73. The third-order valence-corrected chi connectivity index (χ3v) is 5.86. The van der Waals surface area contributed by atoms with E-state index in [9.17, 15) is 8.42 Å². The van der Waals surface area contributed by atoms with Crippen LogP contribution in [0, 0.1) is 11.8 Å². The van der Waals surface area contributed by atoms with E-state index < -0.39 is 9.84 Å². The van der Waals surface area contributed by atoms with Crippen molar-refractivity contribution in [3.05, 3.63) is 0 Å². The number of hydrogen-bond acceptors (Lipinski definition) is 4. The highest BCUT2D eigenvalue weighted by Gasteiger charge is 2.26. The van der Waals surface area contributed by atoms with Crippen LogP contribution in [0.5, 0.6) is 0 Å². The predicted molar refractivity (Wildman–Crippen MR) is 69.6 cm³/mol. The molecular formula is C12H24N2O2S. The average molecular weight is 260 g/mol. The molecule has 0 aromatic heterocycles. The quantitative estimate of drug-likeness (QED) is 0.802. The van der Waals surface area contributed by atoms with Crippen LogP contribution in [0.1, 0.15) is 25.7 Å². The maximum atomic E-state index is 11.3. The summed E-state index contributed by atoms with van der Waals surface area (Å²) in [6, 6.07) is 0. The Bertz CT molecular complexity index is 320. The summed E-state index contributed by atoms with van der Waals surface area (Å²) < 4.78 is 22.7. The van der Waals surface area contributed by atoms with Gasteiger partial charge in [-0.3, -0.25) is 0 Å². The number of rotatable bonds is 3. The zero-order valence-electron chi connectivity index (χ0n) is 10.5. The summed E-state index contributed by atoms with van der Waals surface area (Å²) in [5.74, 6) is 2.20. The van der Waals surface area contributed by atoms with Gasteiger partial charge in [-0.15, -0.1) is 0 Å². The molecule has 0 spiro atoms. The van der Waals surface area contributed by atoms with Crippen LogP contribution in [0.15, 0.2) is 0 Å². The Balaban J connectivity index is 1.72. The molecule has 5 heteroatoms. The molecule has 17 heavy (non-hydrogen) atoms. The molecule has 0 unspecified atom stereocenters. The Morgan fingerprint density at radius 2 is 1.53 bits per heavy atom. The van der Waals surface area contributed by atoms with Crippen LogP contribution in [0.2, 0.25) is 0 Å². The van der Waals surface area contributed by atoms with Gasteiger partial charge in [0.15, 0.2) is 9.84 Å². The van der Waals surface area contributed by atoms with Crippen molar-refractivity contribution in [1.82, 2.24) is 4.90 Å². The van der Waals surface area contributed by atoms with E-state index in [1.807, 2.05) is 0 Å². The van der Waals surface area contributed by atoms with Crippen molar-refractivity contribution in [2.24, 2.45) is 17.6 Å². The van der Waals surface area contributed by atoms with Crippen LogP contribution in [-0.4, -0.2) is 51.0 Å². The van der Waals surface area contributed by atoms with E-state index in [-0.39, 0.29) is 0 Å². The largest absolute Gasteiger partial charge is 0.330 e. The van der Waals surface area contributed by atoms with Crippen molar-refractivity contribution in [1.29, 1.82) is 0 Å². The van der Waals surface area contributed by atoms with E-state index >= 15 is 0 Å². The van der Waals surface area contributed by atoms with E-state index in [0.717, 1.165) is 38.0 Å². The maximum absolute atomic E-state index is 11.3. The monoisotopic (exact) mass is 260 g/mol. The summed E-state index contributed by atoms with van der Waals surface area (Å²) in [6.07, 6.45) is 5.05. The predicted octanol–water partition coefficient (Wildman–Crippen LogP) is 0.482. The SMILES string of the molecule is NCC1CCC(CN2CCS(=O)(=O)CC2)CC1. The van der Waals surface area contributed by atoms with Crippen LogP contribution in [-0.2, 0) is 9.84 Å². The van der Waals surface area contributed by atoms with Crippen molar-refractivity contribution < 1.29 is 8.42 Å². The summed E-state index contributed by atoms with van der Waals surface area (Å²) in [6.45, 7) is 3.39. The molecule has 0 aromatic carbocycles. The Morgan fingerprint density at radius 3 is 2.06 bits per heavy atom. The molecule has 1 aliphatic heterocycles. The van der Waals surface area contributed by atoms with Gasteiger partial charge in [0.2, 0.25) is 0 Å². The van der Waals surface area contributed by atoms with Crippen molar-refractivity contribution in [3.8, 4) is 0 Å². The molecule has 2 N–H and O–H groups in total. The third-order valence-electron chi connectivity index (χ3n) is 4.25. The first-order valence-corrected chi connectivity index (χ1v) is 8.54. The Morgan fingerprint density at radius 1 is 1.00 bits per heavy atom. The van der Waals surface area contributed by atoms with Gasteiger partial charge < -0.3 is 10.6 Å². The van der Waals surface area contributed by atoms with Gasteiger partial charge in [-0.1, -0.05) is 0 Å². The number of hydrogen-bond donors (Lipinski definition) is 1. The summed E-state index contributed by atoms with van der Waals surface area (Å²) >= 11 is 0. The van der Waals surface area contributed by atoms with Crippen LogP contribution >= 0.6 is 0 Å². The lowest BCUT2D eigenvalue weighted by Gasteiger charge is -2.34. The lowest BCUT2D eigenvalue weighted by Crippen LogP contribution is -2.43. The van der Waals surface area contributed by atoms with Gasteiger partial charge in [0.25, 0.3) is 0 Å². The fraction of sp³-hybridized carbons (Fsp3) is 1.00. The molecule has 100 valence electrons. The van der Waals surface area contributed by atoms with Gasteiger partial charge in [0.05, 0.1) is 11.5 Å². The minimum absolute atomic E-state index is 0.352. The molecule has 0 bridgehead atoms. The molecule has 1 heterocycles. The van der Waals surface area contributed by atoms with Crippen LogP contribution < -0.4 is 5.73 Å². The first kappa shape index (κ1) is 13.3. The fourth-order valence-corrected chi connectivity index (χ4v) is 4.22. The molecule has 0 aromatic rings. The molecule has 0 atom stereocenters. The molecule has 0 amide bonds. The van der Waals surface area contributed by atoms with Gasteiger partial charge in [-0.25, -0.2) is 8.42 Å². The van der Waals surface area contributed by atoms with E-state index in [2.05, 4.69) is 4.90 Å². The van der Waals surface area contributed by atoms with Crippen LogP contribution in [0.25, 0.3) is 0 Å². The smallest absolute Gasteiger partial charge is 0.152 e. The first-order valence-electron chi connectivity index (χ1n) is 6.72. The zero-order valence-corrected chi connectivity index (χ0v) is 11.3. The maximum Gasteiger partial charge on any atom is 0.152 e. The molecular weight excluding hydrogens is 236 g/mol. The molecule has 4 nitrogen and oxygen atoms in total. The second kappa shape index (κ2) is 5.67. The minimum atomic E-state index is -2.73. The second-order valence-electron chi connectivity index (χ2n) is 5.57. The Labute approximate surface area is 104 Å². The molecule has 2 rings (SSSR count). The standard InChI is InChI=1S/C12H24N2O2S/c13-9-11-1-3-12(4-2-11)10-14-5-7-17(15,16)8-6-14/h11-12H,1-10,13H2. The first-order chi connectivity index (χ1) is 8.09. The zero-order chi connectivity index (χ0) is 12.3. The van der Waals surface area contributed by atoms with Gasteiger partial charge in [0, 0.05) is 19.6 Å². The van der Waals surface area contributed by atoms with Crippen molar-refractivity contribution in [2.75, 3.05) is 37.7 Å². The normalized spacial score (nSPS) is 34.6. The van der Waals surface area contributed by atoms with Gasteiger partial charge in [0.1, 0.15) is 0 Å². The van der Waals surface area contributed by atoms with E-state index in [0.29, 0.717) is 11.5 Å². The average Bonchev–Trinajstić information content (AvgIpc) is 2.33. The molecule has 2 fully saturated rings. The van der Waals surface area contributed by atoms with Gasteiger partial charge in [-0.2, -0.15) is 0 Å². The third kappa shape index (κ3) is 3.93. The van der Waals surface area contributed by atoms with Crippen molar-refractivity contribution in [3.63, 3.8) is 0 Å². The van der Waals surface area contributed by atoms with E-state index in [1.165, 1.54) is 25.7 Å². The summed E-state index contributed by atoms with van der Waals surface area (Å²) in [5.41, 5.74) is 5.69. The summed E-state index contributed by atoms with van der Waals surface area (Å²) in [5, 5.41) is 0. The number of nitrogens with zero attached hydrogens (tertiary/aromatic N) is 1. The topological polar surface area (TPSA) is 63.4 Å². The highest BCUT2D eigenvalue weighted by Crippen LogP contribution is 2.28. The second-order valence-corrected chi connectivity index (χ2v) is 7.88. The minimum Gasteiger partial charge on any atom is -0.330 e. The highest BCUT2D eigenvalue weighted by molar-refractivity contribution is 7.91. The van der Waals surface area contributed by atoms with E-state index in [1.54, 1.807) is 0 Å². The lowest BCUT2D eigenvalue weighted by molar-refractivity contribution is 0.191. The highest BCUT2D eigenvalue weighted by atomic mass is 32.2.